The standard InChI is InChI=1S/C16H24FNO2/c1-10-5-6-18(9-16(10)20-4)15-7-11(2)14(17)8-13(15)12(3)19/h7-8,10,12,16,19H,5-6,9H2,1-4H3. The normalized spacial score (nSPS) is 24.8. The highest BCUT2D eigenvalue weighted by Gasteiger charge is 2.28. The van der Waals surface area contributed by atoms with Gasteiger partial charge in [0.15, 0.2) is 0 Å². The second-order valence-corrected chi connectivity index (χ2v) is 5.82. The summed E-state index contributed by atoms with van der Waals surface area (Å²) in [6, 6.07) is 3.29. The summed E-state index contributed by atoms with van der Waals surface area (Å²) in [4.78, 5) is 2.20. The number of hydrogen-bond acceptors (Lipinski definition) is 3. The Bertz CT molecular complexity index is 476. The Morgan fingerprint density at radius 2 is 2.15 bits per heavy atom. The van der Waals surface area contributed by atoms with Crippen molar-refractivity contribution in [1.82, 2.24) is 0 Å². The predicted octanol–water partition coefficient (Wildman–Crippen LogP) is 3.05. The summed E-state index contributed by atoms with van der Waals surface area (Å²) < 4.78 is 19.3. The van der Waals surface area contributed by atoms with Crippen molar-refractivity contribution in [2.75, 3.05) is 25.1 Å². The van der Waals surface area contributed by atoms with Crippen LogP contribution in [0.2, 0.25) is 0 Å². The quantitative estimate of drug-likeness (QED) is 0.924. The van der Waals surface area contributed by atoms with E-state index >= 15 is 0 Å². The Balaban J connectivity index is 2.34. The molecule has 1 saturated heterocycles. The van der Waals surface area contributed by atoms with Crippen LogP contribution < -0.4 is 4.90 Å². The van der Waals surface area contributed by atoms with E-state index in [2.05, 4.69) is 11.8 Å². The Hall–Kier alpha value is -1.13. The lowest BCUT2D eigenvalue weighted by molar-refractivity contribution is 0.0496. The number of benzene rings is 1. The molecule has 3 nitrogen and oxygen atoms in total. The van der Waals surface area contributed by atoms with Gasteiger partial charge in [-0.3, -0.25) is 0 Å². The van der Waals surface area contributed by atoms with E-state index in [0.29, 0.717) is 17.0 Å². The zero-order valence-corrected chi connectivity index (χ0v) is 12.7. The van der Waals surface area contributed by atoms with Crippen LogP contribution in [0.5, 0.6) is 0 Å². The zero-order chi connectivity index (χ0) is 14.9. The van der Waals surface area contributed by atoms with Gasteiger partial charge in [-0.15, -0.1) is 0 Å². The van der Waals surface area contributed by atoms with Crippen LogP contribution in [-0.4, -0.2) is 31.4 Å². The number of nitrogens with zero attached hydrogens (tertiary/aromatic N) is 1. The monoisotopic (exact) mass is 281 g/mol. The minimum Gasteiger partial charge on any atom is -0.389 e. The van der Waals surface area contributed by atoms with Gasteiger partial charge in [0.2, 0.25) is 0 Å². The van der Waals surface area contributed by atoms with Crippen LogP contribution in [0.25, 0.3) is 0 Å². The van der Waals surface area contributed by atoms with E-state index in [4.69, 9.17) is 4.74 Å². The summed E-state index contributed by atoms with van der Waals surface area (Å²) in [5.74, 6) is 0.256. The molecule has 112 valence electrons. The number of ether oxygens (including phenoxy) is 1. The third-order valence-corrected chi connectivity index (χ3v) is 4.29. The molecule has 0 spiro atoms. The van der Waals surface area contributed by atoms with E-state index in [0.717, 1.165) is 25.2 Å². The van der Waals surface area contributed by atoms with Crippen molar-refractivity contribution in [3.05, 3.63) is 29.1 Å². The molecule has 3 unspecified atom stereocenters. The lowest BCUT2D eigenvalue weighted by atomic mass is 9.94. The highest BCUT2D eigenvalue weighted by atomic mass is 19.1. The van der Waals surface area contributed by atoms with E-state index in [1.807, 2.05) is 6.07 Å². The second kappa shape index (κ2) is 6.10. The van der Waals surface area contributed by atoms with Crippen molar-refractivity contribution < 1.29 is 14.2 Å². The lowest BCUT2D eigenvalue weighted by Gasteiger charge is -2.39. The number of hydrogen-bond donors (Lipinski definition) is 1. The van der Waals surface area contributed by atoms with Gasteiger partial charge in [-0.2, -0.15) is 0 Å². The first-order chi connectivity index (χ1) is 9.43. The summed E-state index contributed by atoms with van der Waals surface area (Å²) in [5.41, 5.74) is 2.18. The molecule has 3 atom stereocenters. The molecule has 0 saturated carbocycles. The number of aliphatic hydroxyl groups is 1. The molecular weight excluding hydrogens is 257 g/mol. The van der Waals surface area contributed by atoms with Crippen LogP contribution in [0.4, 0.5) is 10.1 Å². The summed E-state index contributed by atoms with van der Waals surface area (Å²) in [6.07, 6.45) is 0.533. The maximum Gasteiger partial charge on any atom is 0.126 e. The molecule has 1 fully saturated rings. The van der Waals surface area contributed by atoms with Gasteiger partial charge in [0, 0.05) is 31.5 Å². The average Bonchev–Trinajstić information content (AvgIpc) is 2.41. The molecule has 0 radical (unpaired) electrons. The summed E-state index contributed by atoms with van der Waals surface area (Å²) >= 11 is 0. The van der Waals surface area contributed by atoms with Crippen molar-refractivity contribution in [3.8, 4) is 0 Å². The average molecular weight is 281 g/mol. The second-order valence-electron chi connectivity index (χ2n) is 5.82. The van der Waals surface area contributed by atoms with Gasteiger partial charge >= 0.3 is 0 Å². The van der Waals surface area contributed by atoms with Gasteiger partial charge in [-0.25, -0.2) is 4.39 Å². The molecule has 1 aliphatic rings. The molecule has 1 N–H and O–H groups in total. The van der Waals surface area contributed by atoms with Crippen LogP contribution in [0.3, 0.4) is 0 Å². The lowest BCUT2D eigenvalue weighted by Crippen LogP contribution is -2.44. The van der Waals surface area contributed by atoms with Gasteiger partial charge in [0.1, 0.15) is 5.82 Å². The maximum absolute atomic E-state index is 13.7. The Morgan fingerprint density at radius 1 is 1.45 bits per heavy atom. The molecule has 1 aliphatic heterocycles. The first-order valence-corrected chi connectivity index (χ1v) is 7.20. The predicted molar refractivity (Wildman–Crippen MR) is 78.6 cm³/mol. The summed E-state index contributed by atoms with van der Waals surface area (Å²) in [6.45, 7) is 7.31. The van der Waals surface area contributed by atoms with E-state index < -0.39 is 6.10 Å². The smallest absolute Gasteiger partial charge is 0.126 e. The van der Waals surface area contributed by atoms with E-state index in [1.165, 1.54) is 6.07 Å². The van der Waals surface area contributed by atoms with Crippen LogP contribution in [0.1, 0.15) is 37.5 Å². The number of halogens is 1. The van der Waals surface area contributed by atoms with Gasteiger partial charge < -0.3 is 14.7 Å². The molecule has 2 rings (SSSR count). The highest BCUT2D eigenvalue weighted by molar-refractivity contribution is 5.57. The molecular formula is C16H24FNO2. The fourth-order valence-corrected chi connectivity index (χ4v) is 2.85. The topological polar surface area (TPSA) is 32.7 Å². The minimum atomic E-state index is -0.680. The van der Waals surface area contributed by atoms with E-state index in [1.54, 1.807) is 21.0 Å². The molecule has 1 heterocycles. The molecule has 0 aromatic heterocycles. The first-order valence-electron chi connectivity index (χ1n) is 7.20. The van der Waals surface area contributed by atoms with Gasteiger partial charge in [-0.1, -0.05) is 6.92 Å². The molecule has 20 heavy (non-hydrogen) atoms. The van der Waals surface area contributed by atoms with Crippen molar-refractivity contribution in [3.63, 3.8) is 0 Å². The third-order valence-electron chi connectivity index (χ3n) is 4.29. The van der Waals surface area contributed by atoms with Crippen molar-refractivity contribution in [2.45, 2.75) is 39.4 Å². The van der Waals surface area contributed by atoms with Crippen molar-refractivity contribution >= 4 is 5.69 Å². The molecule has 0 amide bonds. The van der Waals surface area contributed by atoms with E-state index in [-0.39, 0.29) is 11.9 Å². The molecule has 0 bridgehead atoms. The van der Waals surface area contributed by atoms with Gasteiger partial charge in [0.25, 0.3) is 0 Å². The fourth-order valence-electron chi connectivity index (χ4n) is 2.85. The molecule has 1 aromatic rings. The maximum atomic E-state index is 13.7. The number of aliphatic hydroxyl groups excluding tert-OH is 1. The Kier molecular flexibility index (Phi) is 4.66. The van der Waals surface area contributed by atoms with E-state index in [9.17, 15) is 9.50 Å². The molecule has 1 aromatic carbocycles. The fraction of sp³-hybridized carbons (Fsp3) is 0.625. The minimum absolute atomic E-state index is 0.177. The Labute approximate surface area is 120 Å². The number of methoxy groups -OCH3 is 1. The highest BCUT2D eigenvalue weighted by Crippen LogP contribution is 2.32. The third kappa shape index (κ3) is 2.96. The van der Waals surface area contributed by atoms with Crippen molar-refractivity contribution in [2.24, 2.45) is 5.92 Å². The number of anilines is 1. The largest absolute Gasteiger partial charge is 0.389 e. The first kappa shape index (κ1) is 15.3. The van der Waals surface area contributed by atoms with Crippen molar-refractivity contribution in [1.29, 1.82) is 0 Å². The van der Waals surface area contributed by atoms with Crippen LogP contribution >= 0.6 is 0 Å². The van der Waals surface area contributed by atoms with Gasteiger partial charge in [0.05, 0.1) is 12.2 Å². The molecule has 0 aliphatic carbocycles. The number of rotatable bonds is 3. The van der Waals surface area contributed by atoms with Crippen LogP contribution in [-0.2, 0) is 4.74 Å². The summed E-state index contributed by atoms with van der Waals surface area (Å²) in [7, 11) is 1.73. The summed E-state index contributed by atoms with van der Waals surface area (Å²) in [5, 5.41) is 9.90. The van der Waals surface area contributed by atoms with Crippen LogP contribution in [0, 0.1) is 18.7 Å². The van der Waals surface area contributed by atoms with Gasteiger partial charge in [-0.05, 0) is 43.9 Å². The SMILES string of the molecule is COC1CN(c2cc(C)c(F)cc2C(C)O)CCC1C. The number of aryl methyl sites for hydroxylation is 1. The van der Waals surface area contributed by atoms with Crippen LogP contribution in [0.15, 0.2) is 12.1 Å². The Morgan fingerprint density at radius 3 is 2.75 bits per heavy atom. The number of piperidine rings is 1. The zero-order valence-electron chi connectivity index (χ0n) is 12.7. The molecule has 4 heteroatoms.